The summed E-state index contributed by atoms with van der Waals surface area (Å²) in [6, 6.07) is 0.456. The number of hydrogen-bond acceptors (Lipinski definition) is 1. The van der Waals surface area contributed by atoms with Crippen molar-refractivity contribution < 1.29 is 0 Å². The van der Waals surface area contributed by atoms with Gasteiger partial charge in [-0.2, -0.15) is 0 Å². The molecule has 1 fully saturated rings. The van der Waals surface area contributed by atoms with Crippen LogP contribution in [0.15, 0.2) is 12.7 Å². The van der Waals surface area contributed by atoms with E-state index in [0.29, 0.717) is 12.0 Å². The number of rotatable bonds is 1. The Hall–Kier alpha value is -0.300. The summed E-state index contributed by atoms with van der Waals surface area (Å²) < 4.78 is 0. The van der Waals surface area contributed by atoms with Gasteiger partial charge in [0.05, 0.1) is 0 Å². The third-order valence-electron chi connectivity index (χ3n) is 1.85. The van der Waals surface area contributed by atoms with E-state index in [1.54, 1.807) is 0 Å². The summed E-state index contributed by atoms with van der Waals surface area (Å²) in [7, 11) is 0. The van der Waals surface area contributed by atoms with Crippen LogP contribution in [0.5, 0.6) is 0 Å². The third kappa shape index (κ3) is 1.10. The summed E-state index contributed by atoms with van der Waals surface area (Å²) in [5, 5.41) is 0. The third-order valence-corrected chi connectivity index (χ3v) is 1.85. The molecule has 0 spiro atoms. The van der Waals surface area contributed by atoms with Crippen molar-refractivity contribution in [1.82, 2.24) is 0 Å². The Morgan fingerprint density at radius 3 is 2.50 bits per heavy atom. The molecular weight excluding hydrogens is 98.1 g/mol. The van der Waals surface area contributed by atoms with E-state index in [2.05, 4.69) is 6.58 Å². The van der Waals surface area contributed by atoms with Crippen LogP contribution in [0.3, 0.4) is 0 Å². The molecule has 0 bridgehead atoms. The van der Waals surface area contributed by atoms with Gasteiger partial charge in [-0.3, -0.25) is 0 Å². The quantitative estimate of drug-likeness (QED) is 0.507. The molecule has 1 aliphatic carbocycles. The normalized spacial score (nSPS) is 37.6. The summed E-state index contributed by atoms with van der Waals surface area (Å²) in [4.78, 5) is 0. The monoisotopic (exact) mass is 111 g/mol. The first-order valence-electron chi connectivity index (χ1n) is 3.21. The topological polar surface area (TPSA) is 26.0 Å². The molecule has 1 saturated carbocycles. The van der Waals surface area contributed by atoms with E-state index in [4.69, 9.17) is 5.73 Å². The van der Waals surface area contributed by atoms with Crippen LogP contribution in [0.25, 0.3) is 0 Å². The SMILES string of the molecule is C=CC1CCC(N)C1. The predicted octanol–water partition coefficient (Wildman–Crippen LogP) is 1.30. The zero-order chi connectivity index (χ0) is 5.98. The van der Waals surface area contributed by atoms with E-state index in [1.807, 2.05) is 6.08 Å². The largest absolute Gasteiger partial charge is 0.328 e. The Labute approximate surface area is 50.6 Å². The molecule has 2 atom stereocenters. The maximum absolute atomic E-state index is 5.65. The minimum atomic E-state index is 0.456. The maximum atomic E-state index is 5.65. The van der Waals surface area contributed by atoms with E-state index in [1.165, 1.54) is 12.8 Å². The first-order valence-corrected chi connectivity index (χ1v) is 3.21. The fourth-order valence-corrected chi connectivity index (χ4v) is 1.27. The molecule has 0 aromatic carbocycles. The van der Waals surface area contributed by atoms with E-state index in [0.717, 1.165) is 6.42 Å². The number of allylic oxidation sites excluding steroid dienone is 1. The Balaban J connectivity index is 2.32. The second-order valence-corrected chi connectivity index (χ2v) is 2.57. The molecule has 1 aliphatic rings. The lowest BCUT2D eigenvalue weighted by molar-refractivity contribution is 0.653. The van der Waals surface area contributed by atoms with Gasteiger partial charge in [0.15, 0.2) is 0 Å². The highest BCUT2D eigenvalue weighted by Crippen LogP contribution is 2.24. The first kappa shape index (κ1) is 5.83. The van der Waals surface area contributed by atoms with Crippen LogP contribution >= 0.6 is 0 Å². The Kier molecular flexibility index (Phi) is 1.69. The summed E-state index contributed by atoms with van der Waals surface area (Å²) in [6.45, 7) is 3.72. The minimum Gasteiger partial charge on any atom is -0.328 e. The van der Waals surface area contributed by atoms with Crippen molar-refractivity contribution in [3.8, 4) is 0 Å². The molecule has 0 radical (unpaired) electrons. The van der Waals surface area contributed by atoms with Crippen LogP contribution in [0.2, 0.25) is 0 Å². The molecule has 0 heterocycles. The zero-order valence-corrected chi connectivity index (χ0v) is 5.14. The first-order chi connectivity index (χ1) is 3.83. The average Bonchev–Trinajstić information content (AvgIpc) is 2.14. The molecule has 0 aromatic rings. The van der Waals surface area contributed by atoms with Gasteiger partial charge < -0.3 is 5.73 Å². The Bertz CT molecular complexity index is 88.4. The molecule has 0 amide bonds. The van der Waals surface area contributed by atoms with Crippen LogP contribution in [-0.4, -0.2) is 6.04 Å². The predicted molar refractivity (Wildman–Crippen MR) is 35.5 cm³/mol. The van der Waals surface area contributed by atoms with Crippen molar-refractivity contribution in [2.75, 3.05) is 0 Å². The maximum Gasteiger partial charge on any atom is 0.00446 e. The minimum absolute atomic E-state index is 0.456. The summed E-state index contributed by atoms with van der Waals surface area (Å²) in [6.07, 6.45) is 5.62. The second kappa shape index (κ2) is 2.31. The molecule has 0 aromatic heterocycles. The molecule has 1 rings (SSSR count). The molecule has 0 saturated heterocycles. The highest BCUT2D eigenvalue weighted by Gasteiger charge is 2.17. The lowest BCUT2D eigenvalue weighted by Crippen LogP contribution is -2.14. The van der Waals surface area contributed by atoms with Gasteiger partial charge in [-0.1, -0.05) is 6.08 Å². The summed E-state index contributed by atoms with van der Waals surface area (Å²) in [5.41, 5.74) is 5.65. The van der Waals surface area contributed by atoms with Gasteiger partial charge in [0, 0.05) is 6.04 Å². The van der Waals surface area contributed by atoms with Crippen molar-refractivity contribution in [2.45, 2.75) is 25.3 Å². The molecule has 46 valence electrons. The second-order valence-electron chi connectivity index (χ2n) is 2.57. The Morgan fingerprint density at radius 2 is 2.25 bits per heavy atom. The van der Waals surface area contributed by atoms with Crippen molar-refractivity contribution in [1.29, 1.82) is 0 Å². The van der Waals surface area contributed by atoms with Crippen LogP contribution in [0.4, 0.5) is 0 Å². The van der Waals surface area contributed by atoms with Crippen LogP contribution in [-0.2, 0) is 0 Å². The molecule has 2 unspecified atom stereocenters. The van der Waals surface area contributed by atoms with Crippen molar-refractivity contribution in [2.24, 2.45) is 11.7 Å². The Morgan fingerprint density at radius 1 is 1.50 bits per heavy atom. The summed E-state index contributed by atoms with van der Waals surface area (Å²) >= 11 is 0. The van der Waals surface area contributed by atoms with Gasteiger partial charge in [0.25, 0.3) is 0 Å². The smallest absolute Gasteiger partial charge is 0.00446 e. The molecule has 8 heavy (non-hydrogen) atoms. The standard InChI is InChI=1S/C7H13N/c1-2-6-3-4-7(8)5-6/h2,6-7H,1,3-5,8H2. The molecule has 2 N–H and O–H groups in total. The van der Waals surface area contributed by atoms with E-state index in [9.17, 15) is 0 Å². The van der Waals surface area contributed by atoms with E-state index < -0.39 is 0 Å². The van der Waals surface area contributed by atoms with Crippen LogP contribution < -0.4 is 5.73 Å². The molecular formula is C7H13N. The van der Waals surface area contributed by atoms with Crippen LogP contribution in [0, 0.1) is 5.92 Å². The average molecular weight is 111 g/mol. The molecule has 0 aliphatic heterocycles. The highest BCUT2D eigenvalue weighted by atomic mass is 14.6. The fourth-order valence-electron chi connectivity index (χ4n) is 1.27. The van der Waals surface area contributed by atoms with Gasteiger partial charge in [0.1, 0.15) is 0 Å². The van der Waals surface area contributed by atoms with Gasteiger partial charge in [-0.25, -0.2) is 0 Å². The van der Waals surface area contributed by atoms with Crippen molar-refractivity contribution in [3.63, 3.8) is 0 Å². The zero-order valence-electron chi connectivity index (χ0n) is 5.14. The van der Waals surface area contributed by atoms with E-state index >= 15 is 0 Å². The van der Waals surface area contributed by atoms with Gasteiger partial charge >= 0.3 is 0 Å². The van der Waals surface area contributed by atoms with Crippen molar-refractivity contribution >= 4 is 0 Å². The van der Waals surface area contributed by atoms with Gasteiger partial charge in [-0.15, -0.1) is 6.58 Å². The lowest BCUT2D eigenvalue weighted by atomic mass is 10.1. The van der Waals surface area contributed by atoms with Crippen molar-refractivity contribution in [3.05, 3.63) is 12.7 Å². The lowest BCUT2D eigenvalue weighted by Gasteiger charge is -1.98. The van der Waals surface area contributed by atoms with Gasteiger partial charge in [0.2, 0.25) is 0 Å². The molecule has 1 heteroatoms. The van der Waals surface area contributed by atoms with Crippen LogP contribution in [0.1, 0.15) is 19.3 Å². The highest BCUT2D eigenvalue weighted by molar-refractivity contribution is 4.88. The van der Waals surface area contributed by atoms with Gasteiger partial charge in [-0.05, 0) is 25.2 Å². The summed E-state index contributed by atoms with van der Waals surface area (Å²) in [5.74, 6) is 0.713. The fraction of sp³-hybridized carbons (Fsp3) is 0.714. The van der Waals surface area contributed by atoms with E-state index in [-0.39, 0.29) is 0 Å². The molecule has 1 nitrogen and oxygen atoms in total. The number of nitrogens with two attached hydrogens (primary N) is 1. The number of hydrogen-bond donors (Lipinski definition) is 1.